The van der Waals surface area contributed by atoms with E-state index in [1.165, 1.54) is 38.5 Å². The molecule has 0 aromatic rings. The van der Waals surface area contributed by atoms with E-state index < -0.39 is 9.84 Å². The van der Waals surface area contributed by atoms with Gasteiger partial charge in [0.1, 0.15) is 0 Å². The maximum absolute atomic E-state index is 12.5. The zero-order chi connectivity index (χ0) is 16.1. The molecule has 4 aliphatic carbocycles. The molecule has 5 heteroatoms. The Hall–Kier alpha value is -0.580. The van der Waals surface area contributed by atoms with E-state index in [0.29, 0.717) is 18.7 Å². The lowest BCUT2D eigenvalue weighted by Gasteiger charge is -2.56. The van der Waals surface area contributed by atoms with Gasteiger partial charge in [0.05, 0.1) is 11.5 Å². The van der Waals surface area contributed by atoms with E-state index in [1.54, 1.807) is 0 Å². The first kappa shape index (κ1) is 15.9. The van der Waals surface area contributed by atoms with Crippen LogP contribution in [0.4, 0.5) is 0 Å². The quantitative estimate of drug-likeness (QED) is 0.856. The van der Waals surface area contributed by atoms with E-state index in [2.05, 4.69) is 5.32 Å². The molecule has 5 fully saturated rings. The lowest BCUT2D eigenvalue weighted by Crippen LogP contribution is -2.48. The highest BCUT2D eigenvalue weighted by Crippen LogP contribution is 2.61. The minimum atomic E-state index is -2.87. The number of hydrogen-bond donors (Lipinski definition) is 1. The minimum absolute atomic E-state index is 0.120. The van der Waals surface area contributed by atoms with Crippen molar-refractivity contribution >= 4 is 15.7 Å². The maximum Gasteiger partial charge on any atom is 0.220 e. The Morgan fingerprint density at radius 1 is 1.04 bits per heavy atom. The van der Waals surface area contributed by atoms with Crippen molar-refractivity contribution in [3.8, 4) is 0 Å². The van der Waals surface area contributed by atoms with Gasteiger partial charge in [0, 0.05) is 13.0 Å². The maximum atomic E-state index is 12.5. The number of nitrogens with one attached hydrogen (secondary N) is 1. The van der Waals surface area contributed by atoms with Gasteiger partial charge in [-0.3, -0.25) is 4.79 Å². The number of sulfone groups is 1. The van der Waals surface area contributed by atoms with Crippen molar-refractivity contribution in [2.45, 2.75) is 57.8 Å². The van der Waals surface area contributed by atoms with Crippen LogP contribution in [-0.4, -0.2) is 32.4 Å². The van der Waals surface area contributed by atoms with Crippen LogP contribution < -0.4 is 5.32 Å². The molecular formula is C18H29NO3S. The van der Waals surface area contributed by atoms with Crippen LogP contribution in [0.1, 0.15) is 57.8 Å². The molecule has 0 spiro atoms. The third-order valence-electron chi connectivity index (χ3n) is 6.85. The van der Waals surface area contributed by atoms with Crippen LogP contribution in [0.15, 0.2) is 0 Å². The summed E-state index contributed by atoms with van der Waals surface area (Å²) in [6.07, 6.45) is 10.3. The van der Waals surface area contributed by atoms with Gasteiger partial charge < -0.3 is 5.32 Å². The molecule has 5 rings (SSSR count). The Kier molecular flexibility index (Phi) is 3.98. The van der Waals surface area contributed by atoms with E-state index in [9.17, 15) is 13.2 Å². The van der Waals surface area contributed by atoms with E-state index in [4.69, 9.17) is 0 Å². The van der Waals surface area contributed by atoms with Gasteiger partial charge in [0.25, 0.3) is 0 Å². The van der Waals surface area contributed by atoms with Crippen LogP contribution in [0.3, 0.4) is 0 Å². The fourth-order valence-corrected chi connectivity index (χ4v) is 8.22. The van der Waals surface area contributed by atoms with Gasteiger partial charge >= 0.3 is 0 Å². The lowest BCUT2D eigenvalue weighted by atomic mass is 9.49. The predicted octanol–water partition coefficient (Wildman–Crippen LogP) is 2.53. The third-order valence-corrected chi connectivity index (χ3v) is 8.74. The summed E-state index contributed by atoms with van der Waals surface area (Å²) in [5, 5.41) is 3.06. The summed E-state index contributed by atoms with van der Waals surface area (Å²) in [5.41, 5.74) is 0.275. The molecule has 1 atom stereocenters. The van der Waals surface area contributed by atoms with Gasteiger partial charge in [-0.1, -0.05) is 0 Å². The standard InChI is InChI=1S/C18H29NO3S/c20-17(19-11-13-2-1-3-23(21,22)12-13)10-18-7-14-4-15(8-18)6-16(5-14)9-18/h13-16H,1-12H2,(H,19,20). The summed E-state index contributed by atoms with van der Waals surface area (Å²) in [5.74, 6) is 3.48. The molecular weight excluding hydrogens is 310 g/mol. The topological polar surface area (TPSA) is 63.2 Å². The second kappa shape index (κ2) is 5.75. The molecule has 1 saturated heterocycles. The smallest absolute Gasteiger partial charge is 0.220 e. The Bertz CT molecular complexity index is 548. The van der Waals surface area contributed by atoms with Gasteiger partial charge in [-0.2, -0.15) is 0 Å². The molecule has 4 saturated carbocycles. The number of carbonyl (C=O) groups excluding carboxylic acids is 1. The van der Waals surface area contributed by atoms with Crippen molar-refractivity contribution in [3.63, 3.8) is 0 Å². The van der Waals surface area contributed by atoms with Gasteiger partial charge in [-0.25, -0.2) is 8.42 Å². The molecule has 0 aromatic carbocycles. The normalized spacial score (nSPS) is 44.2. The number of hydrogen-bond acceptors (Lipinski definition) is 3. The second-order valence-electron chi connectivity index (χ2n) is 9.02. The average molecular weight is 340 g/mol. The first-order chi connectivity index (χ1) is 10.9. The molecule has 4 bridgehead atoms. The lowest BCUT2D eigenvalue weighted by molar-refractivity contribution is -0.129. The monoisotopic (exact) mass is 339 g/mol. The van der Waals surface area contributed by atoms with Gasteiger partial charge in [-0.15, -0.1) is 0 Å². The van der Waals surface area contributed by atoms with Gasteiger partial charge in [0.15, 0.2) is 9.84 Å². The highest BCUT2D eigenvalue weighted by Gasteiger charge is 2.51. The van der Waals surface area contributed by atoms with Crippen LogP contribution in [0.5, 0.6) is 0 Å². The Labute approximate surface area is 139 Å². The van der Waals surface area contributed by atoms with E-state index in [-0.39, 0.29) is 23.0 Å². The van der Waals surface area contributed by atoms with Crippen molar-refractivity contribution in [3.05, 3.63) is 0 Å². The summed E-state index contributed by atoms with van der Waals surface area (Å²) < 4.78 is 23.4. The zero-order valence-electron chi connectivity index (χ0n) is 13.9. The number of carbonyl (C=O) groups is 1. The highest BCUT2D eigenvalue weighted by atomic mass is 32.2. The molecule has 1 aliphatic heterocycles. The van der Waals surface area contributed by atoms with Crippen molar-refractivity contribution in [2.75, 3.05) is 18.1 Å². The van der Waals surface area contributed by atoms with Gasteiger partial charge in [0.2, 0.25) is 5.91 Å². The van der Waals surface area contributed by atoms with Crippen LogP contribution in [0, 0.1) is 29.1 Å². The largest absolute Gasteiger partial charge is 0.356 e. The Morgan fingerprint density at radius 2 is 1.65 bits per heavy atom. The molecule has 130 valence electrons. The van der Waals surface area contributed by atoms with E-state index in [0.717, 1.165) is 30.6 Å². The van der Waals surface area contributed by atoms with Crippen LogP contribution in [-0.2, 0) is 14.6 Å². The second-order valence-corrected chi connectivity index (χ2v) is 11.2. The molecule has 1 unspecified atom stereocenters. The van der Waals surface area contributed by atoms with Crippen LogP contribution in [0.2, 0.25) is 0 Å². The molecule has 4 nitrogen and oxygen atoms in total. The van der Waals surface area contributed by atoms with Crippen molar-refractivity contribution < 1.29 is 13.2 Å². The third kappa shape index (κ3) is 3.45. The molecule has 1 amide bonds. The minimum Gasteiger partial charge on any atom is -0.356 e. The molecule has 1 heterocycles. The molecule has 0 aromatic heterocycles. The van der Waals surface area contributed by atoms with Gasteiger partial charge in [-0.05, 0) is 80.5 Å². The highest BCUT2D eigenvalue weighted by molar-refractivity contribution is 7.91. The predicted molar refractivity (Wildman–Crippen MR) is 89.6 cm³/mol. The first-order valence-corrected chi connectivity index (χ1v) is 11.2. The fraction of sp³-hybridized carbons (Fsp3) is 0.944. The number of rotatable bonds is 4. The SMILES string of the molecule is O=C(CC12CC3CC(CC(C3)C1)C2)NCC1CCCS(=O)(=O)C1. The van der Waals surface area contributed by atoms with E-state index >= 15 is 0 Å². The molecule has 1 N–H and O–H groups in total. The van der Waals surface area contributed by atoms with Crippen LogP contribution >= 0.6 is 0 Å². The first-order valence-electron chi connectivity index (χ1n) is 9.39. The summed E-state index contributed by atoms with van der Waals surface area (Å²) >= 11 is 0. The van der Waals surface area contributed by atoms with E-state index in [1.807, 2.05) is 0 Å². The van der Waals surface area contributed by atoms with Crippen molar-refractivity contribution in [2.24, 2.45) is 29.1 Å². The van der Waals surface area contributed by atoms with Crippen molar-refractivity contribution in [1.82, 2.24) is 5.32 Å². The Morgan fingerprint density at radius 3 is 2.22 bits per heavy atom. The van der Waals surface area contributed by atoms with Crippen molar-refractivity contribution in [1.29, 1.82) is 0 Å². The molecule has 5 aliphatic rings. The summed E-state index contributed by atoms with van der Waals surface area (Å²) in [4.78, 5) is 12.5. The molecule has 23 heavy (non-hydrogen) atoms. The Balaban J connectivity index is 1.30. The average Bonchev–Trinajstić information content (AvgIpc) is 2.42. The number of amides is 1. The zero-order valence-corrected chi connectivity index (χ0v) is 14.7. The molecule has 0 radical (unpaired) electrons. The summed E-state index contributed by atoms with van der Waals surface area (Å²) in [6.45, 7) is 0.546. The van der Waals surface area contributed by atoms with Crippen LogP contribution in [0.25, 0.3) is 0 Å². The summed E-state index contributed by atoms with van der Waals surface area (Å²) in [7, 11) is -2.87. The fourth-order valence-electron chi connectivity index (χ4n) is 6.45. The summed E-state index contributed by atoms with van der Waals surface area (Å²) in [6, 6.07) is 0.